The monoisotopic (exact) mass is 577 g/mol. The normalized spacial score (nSPS) is 11.0. The Morgan fingerprint density at radius 1 is 0.814 bits per heavy atom. The van der Waals surface area contributed by atoms with Gasteiger partial charge in [-0.3, -0.25) is 4.79 Å². The molecule has 1 aromatic heterocycles. The Morgan fingerprint density at radius 3 is 2.30 bits per heavy atom. The molecule has 0 bridgehead atoms. The van der Waals surface area contributed by atoms with Gasteiger partial charge in [0, 0.05) is 16.5 Å². The standard InChI is InChI=1S/C34H31N3O6/c1-4-41-27-19-18-23(20-29(27)42-5-2)34(39)43-26-16-10-9-14-24(26)21-35-37-33(38)32-30(22-12-7-6-8-13-22)25-15-11-17-28(40-3)31(25)36-32/h6-21,36H,4-5H2,1-3H3,(H,37,38). The predicted molar refractivity (Wildman–Crippen MR) is 166 cm³/mol. The van der Waals surface area contributed by atoms with E-state index >= 15 is 0 Å². The number of amides is 1. The molecule has 9 nitrogen and oxygen atoms in total. The SMILES string of the molecule is CCOc1ccc(C(=O)Oc2ccccc2C=NNC(=O)c2[nH]c3c(OC)cccc3c2-c2ccccc2)cc1OCC. The van der Waals surface area contributed by atoms with E-state index < -0.39 is 11.9 Å². The van der Waals surface area contributed by atoms with E-state index in [0.717, 1.165) is 16.5 Å². The molecule has 4 aromatic carbocycles. The first kappa shape index (κ1) is 28.9. The Bertz CT molecular complexity index is 1780. The van der Waals surface area contributed by atoms with Crippen LogP contribution in [0.2, 0.25) is 0 Å². The van der Waals surface area contributed by atoms with Gasteiger partial charge in [-0.1, -0.05) is 54.6 Å². The molecule has 43 heavy (non-hydrogen) atoms. The highest BCUT2D eigenvalue weighted by Crippen LogP contribution is 2.36. The van der Waals surface area contributed by atoms with Crippen LogP contribution in [0, 0.1) is 0 Å². The predicted octanol–water partition coefficient (Wildman–Crippen LogP) is 6.62. The van der Waals surface area contributed by atoms with Crippen molar-refractivity contribution in [3.8, 4) is 34.1 Å². The number of hydrazone groups is 1. The maximum Gasteiger partial charge on any atom is 0.343 e. The third-order valence-electron chi connectivity index (χ3n) is 6.58. The summed E-state index contributed by atoms with van der Waals surface area (Å²) >= 11 is 0. The summed E-state index contributed by atoms with van der Waals surface area (Å²) in [5.74, 6) is 0.884. The lowest BCUT2D eigenvalue weighted by Gasteiger charge is -2.12. The number of para-hydroxylation sites is 2. The van der Waals surface area contributed by atoms with Crippen LogP contribution in [-0.4, -0.2) is 43.4 Å². The largest absolute Gasteiger partial charge is 0.495 e. The Labute approximate surface area is 249 Å². The number of hydrogen-bond donors (Lipinski definition) is 2. The second-order valence-corrected chi connectivity index (χ2v) is 9.28. The number of methoxy groups -OCH3 is 1. The van der Waals surface area contributed by atoms with E-state index in [-0.39, 0.29) is 5.75 Å². The molecule has 5 aromatic rings. The molecule has 0 aliphatic heterocycles. The fourth-order valence-electron chi connectivity index (χ4n) is 4.67. The summed E-state index contributed by atoms with van der Waals surface area (Å²) in [4.78, 5) is 29.6. The number of rotatable bonds is 11. The van der Waals surface area contributed by atoms with Crippen molar-refractivity contribution in [2.75, 3.05) is 20.3 Å². The minimum absolute atomic E-state index is 0.276. The average Bonchev–Trinajstić information content (AvgIpc) is 3.43. The van der Waals surface area contributed by atoms with Crippen molar-refractivity contribution in [1.29, 1.82) is 0 Å². The molecule has 9 heteroatoms. The van der Waals surface area contributed by atoms with Crippen molar-refractivity contribution >= 4 is 29.0 Å². The molecular formula is C34H31N3O6. The van der Waals surface area contributed by atoms with Gasteiger partial charge in [-0.25, -0.2) is 10.2 Å². The van der Waals surface area contributed by atoms with Crippen LogP contribution in [-0.2, 0) is 0 Å². The first-order valence-electron chi connectivity index (χ1n) is 13.8. The highest BCUT2D eigenvalue weighted by atomic mass is 16.5. The molecule has 1 heterocycles. The summed E-state index contributed by atoms with van der Waals surface area (Å²) in [5, 5.41) is 5.02. The molecule has 0 radical (unpaired) electrons. The zero-order valence-corrected chi connectivity index (χ0v) is 24.0. The van der Waals surface area contributed by atoms with Crippen molar-refractivity contribution in [3.63, 3.8) is 0 Å². The second-order valence-electron chi connectivity index (χ2n) is 9.28. The van der Waals surface area contributed by atoms with Gasteiger partial charge < -0.3 is 23.9 Å². The summed E-state index contributed by atoms with van der Waals surface area (Å²) in [6.07, 6.45) is 1.43. The van der Waals surface area contributed by atoms with Gasteiger partial charge in [-0.05, 0) is 55.8 Å². The van der Waals surface area contributed by atoms with E-state index in [9.17, 15) is 9.59 Å². The summed E-state index contributed by atoms with van der Waals surface area (Å²) in [7, 11) is 1.58. The van der Waals surface area contributed by atoms with Crippen molar-refractivity contribution in [2.45, 2.75) is 13.8 Å². The Kier molecular flexibility index (Phi) is 9.02. The highest BCUT2D eigenvalue weighted by Gasteiger charge is 2.21. The van der Waals surface area contributed by atoms with Gasteiger partial charge >= 0.3 is 5.97 Å². The summed E-state index contributed by atoms with van der Waals surface area (Å²) < 4.78 is 22.4. The lowest BCUT2D eigenvalue weighted by molar-refractivity contribution is 0.0733. The second kappa shape index (κ2) is 13.4. The molecule has 1 amide bonds. The van der Waals surface area contributed by atoms with Gasteiger partial charge in [0.05, 0.1) is 37.6 Å². The molecule has 0 atom stereocenters. The van der Waals surface area contributed by atoms with Gasteiger partial charge in [-0.15, -0.1) is 0 Å². The number of nitrogens with zero attached hydrogens (tertiary/aromatic N) is 1. The minimum Gasteiger partial charge on any atom is -0.495 e. The molecule has 0 aliphatic carbocycles. The maximum atomic E-state index is 13.4. The molecule has 5 rings (SSSR count). The van der Waals surface area contributed by atoms with Crippen LogP contribution in [0.25, 0.3) is 22.0 Å². The highest BCUT2D eigenvalue weighted by molar-refractivity contribution is 6.11. The number of fused-ring (bicyclic) bond motifs is 1. The van der Waals surface area contributed by atoms with E-state index in [2.05, 4.69) is 15.5 Å². The van der Waals surface area contributed by atoms with E-state index in [0.29, 0.717) is 52.8 Å². The number of hydrogen-bond acceptors (Lipinski definition) is 7. The lowest BCUT2D eigenvalue weighted by atomic mass is 10.0. The number of carbonyl (C=O) groups excluding carboxylic acids is 2. The van der Waals surface area contributed by atoms with E-state index in [4.69, 9.17) is 18.9 Å². The van der Waals surface area contributed by atoms with Gasteiger partial charge in [-0.2, -0.15) is 5.10 Å². The molecule has 0 spiro atoms. The Hall–Kier alpha value is -5.57. The Balaban J connectivity index is 1.37. The number of aromatic nitrogens is 1. The smallest absolute Gasteiger partial charge is 0.343 e. The van der Waals surface area contributed by atoms with Crippen LogP contribution < -0.4 is 24.4 Å². The van der Waals surface area contributed by atoms with Crippen LogP contribution in [0.3, 0.4) is 0 Å². The van der Waals surface area contributed by atoms with Crippen molar-refractivity contribution < 1.29 is 28.5 Å². The summed E-state index contributed by atoms with van der Waals surface area (Å²) in [6, 6.07) is 27.1. The maximum absolute atomic E-state index is 13.4. The van der Waals surface area contributed by atoms with Crippen LogP contribution in [0.5, 0.6) is 23.0 Å². The number of ether oxygens (including phenoxy) is 4. The molecule has 0 saturated carbocycles. The number of nitrogens with one attached hydrogen (secondary N) is 2. The number of carbonyl (C=O) groups is 2. The van der Waals surface area contributed by atoms with Crippen LogP contribution in [0.4, 0.5) is 0 Å². The van der Waals surface area contributed by atoms with Gasteiger partial charge in [0.1, 0.15) is 17.2 Å². The summed E-state index contributed by atoms with van der Waals surface area (Å²) in [5.41, 5.74) is 6.04. The molecule has 0 saturated heterocycles. The van der Waals surface area contributed by atoms with Gasteiger partial charge in [0.25, 0.3) is 5.91 Å². The van der Waals surface area contributed by atoms with E-state index in [1.54, 1.807) is 49.6 Å². The third-order valence-corrected chi connectivity index (χ3v) is 6.58. The quantitative estimate of drug-likeness (QED) is 0.0790. The third kappa shape index (κ3) is 6.36. The molecule has 0 aliphatic rings. The topological polar surface area (TPSA) is 111 Å². The van der Waals surface area contributed by atoms with Crippen LogP contribution >= 0.6 is 0 Å². The van der Waals surface area contributed by atoms with Crippen molar-refractivity contribution in [1.82, 2.24) is 10.4 Å². The molecule has 218 valence electrons. The summed E-state index contributed by atoms with van der Waals surface area (Å²) in [6.45, 7) is 4.61. The average molecular weight is 578 g/mol. The molecular weight excluding hydrogens is 546 g/mol. The zero-order chi connectivity index (χ0) is 30.2. The minimum atomic E-state index is -0.576. The van der Waals surface area contributed by atoms with E-state index in [1.807, 2.05) is 62.4 Å². The zero-order valence-electron chi connectivity index (χ0n) is 24.0. The van der Waals surface area contributed by atoms with Gasteiger partial charge in [0.15, 0.2) is 11.5 Å². The number of benzene rings is 4. The fourth-order valence-corrected chi connectivity index (χ4v) is 4.67. The van der Waals surface area contributed by atoms with Crippen molar-refractivity contribution in [3.05, 3.63) is 108 Å². The first-order chi connectivity index (χ1) is 21.0. The number of esters is 1. The van der Waals surface area contributed by atoms with Crippen molar-refractivity contribution in [2.24, 2.45) is 5.10 Å². The fraction of sp³-hybridized carbons (Fsp3) is 0.147. The van der Waals surface area contributed by atoms with Crippen LogP contribution in [0.1, 0.15) is 40.3 Å². The van der Waals surface area contributed by atoms with E-state index in [1.165, 1.54) is 6.21 Å². The van der Waals surface area contributed by atoms with Crippen LogP contribution in [0.15, 0.2) is 96.1 Å². The lowest BCUT2D eigenvalue weighted by Crippen LogP contribution is -2.19. The Morgan fingerprint density at radius 2 is 1.53 bits per heavy atom. The molecule has 2 N–H and O–H groups in total. The number of aromatic amines is 1. The van der Waals surface area contributed by atoms with Gasteiger partial charge in [0.2, 0.25) is 0 Å². The molecule has 0 fully saturated rings. The number of H-pyrrole nitrogens is 1. The first-order valence-corrected chi connectivity index (χ1v) is 13.8. The molecule has 0 unspecified atom stereocenters.